The van der Waals surface area contributed by atoms with Crippen LogP contribution in [0.3, 0.4) is 0 Å². The SMILES string of the molecule is Cc1ccc([C@H]2C[C@@H]2COc2nc(C)ncc2C2CCC(C)(O)CC2)nc1. The molecule has 0 spiro atoms. The van der Waals surface area contributed by atoms with Gasteiger partial charge >= 0.3 is 0 Å². The Morgan fingerprint density at radius 3 is 2.63 bits per heavy atom. The molecule has 5 heteroatoms. The lowest BCUT2D eigenvalue weighted by Gasteiger charge is -2.33. The standard InChI is InChI=1S/C22H29N3O2/c1-14-4-5-20(24-11-14)18-10-17(18)13-27-21-19(12-23-15(2)25-21)16-6-8-22(3,26)9-7-16/h4-5,11-12,16-18,26H,6-10,13H2,1-3H3/t16?,17-,18+,22?/m1/s1. The number of aryl methyl sites for hydroxylation is 2. The average molecular weight is 367 g/mol. The minimum absolute atomic E-state index is 0.370. The van der Waals surface area contributed by atoms with Gasteiger partial charge in [0.25, 0.3) is 0 Å². The highest BCUT2D eigenvalue weighted by molar-refractivity contribution is 5.29. The van der Waals surface area contributed by atoms with Crippen molar-refractivity contribution >= 4 is 0 Å². The lowest BCUT2D eigenvalue weighted by molar-refractivity contribution is 0.0168. The zero-order chi connectivity index (χ0) is 19.0. The molecule has 0 aromatic carbocycles. The first-order valence-electron chi connectivity index (χ1n) is 10.0. The number of hydrogen-bond acceptors (Lipinski definition) is 5. The molecule has 0 aliphatic heterocycles. The normalized spacial score (nSPS) is 30.1. The Labute approximate surface area is 161 Å². The molecule has 0 radical (unpaired) electrons. The van der Waals surface area contributed by atoms with Gasteiger partial charge in [-0.2, -0.15) is 4.98 Å². The van der Waals surface area contributed by atoms with Gasteiger partial charge in [-0.1, -0.05) is 6.07 Å². The van der Waals surface area contributed by atoms with Gasteiger partial charge in [0.05, 0.1) is 12.2 Å². The summed E-state index contributed by atoms with van der Waals surface area (Å²) < 4.78 is 6.18. The van der Waals surface area contributed by atoms with E-state index in [-0.39, 0.29) is 0 Å². The molecule has 2 aromatic rings. The van der Waals surface area contributed by atoms with Crippen LogP contribution in [0.25, 0.3) is 0 Å². The summed E-state index contributed by atoms with van der Waals surface area (Å²) in [6.45, 7) is 6.57. The molecule has 2 aromatic heterocycles. The van der Waals surface area contributed by atoms with Crippen LogP contribution in [0.5, 0.6) is 5.88 Å². The van der Waals surface area contributed by atoms with Crippen LogP contribution < -0.4 is 4.74 Å². The van der Waals surface area contributed by atoms with Crippen LogP contribution in [0.2, 0.25) is 0 Å². The Morgan fingerprint density at radius 2 is 1.93 bits per heavy atom. The molecule has 2 aliphatic rings. The van der Waals surface area contributed by atoms with E-state index in [1.807, 2.05) is 26.2 Å². The molecule has 1 N–H and O–H groups in total. The lowest BCUT2D eigenvalue weighted by atomic mass is 9.77. The molecule has 0 amide bonds. The van der Waals surface area contributed by atoms with Crippen LogP contribution in [-0.2, 0) is 0 Å². The van der Waals surface area contributed by atoms with Crippen LogP contribution in [0, 0.1) is 19.8 Å². The summed E-state index contributed by atoms with van der Waals surface area (Å²) in [4.78, 5) is 13.5. The van der Waals surface area contributed by atoms with Crippen molar-refractivity contribution in [2.75, 3.05) is 6.61 Å². The third kappa shape index (κ3) is 4.29. The lowest BCUT2D eigenvalue weighted by Crippen LogP contribution is -2.29. The Hall–Kier alpha value is -2.01. The van der Waals surface area contributed by atoms with E-state index in [2.05, 4.69) is 34.0 Å². The first-order valence-corrected chi connectivity index (χ1v) is 10.0. The fraction of sp³-hybridized carbons (Fsp3) is 0.591. The molecule has 0 saturated heterocycles. The summed E-state index contributed by atoms with van der Waals surface area (Å²) in [6, 6.07) is 4.26. The quantitative estimate of drug-likeness (QED) is 0.862. The Bertz CT molecular complexity index is 794. The molecule has 0 bridgehead atoms. The molecule has 2 aliphatic carbocycles. The van der Waals surface area contributed by atoms with Crippen LogP contribution >= 0.6 is 0 Å². The first-order chi connectivity index (χ1) is 12.9. The number of aliphatic hydroxyl groups is 1. The van der Waals surface area contributed by atoms with Crippen LogP contribution in [0.15, 0.2) is 24.5 Å². The van der Waals surface area contributed by atoms with E-state index < -0.39 is 5.60 Å². The molecule has 2 saturated carbocycles. The number of rotatable bonds is 5. The van der Waals surface area contributed by atoms with Crippen molar-refractivity contribution in [2.45, 2.75) is 70.3 Å². The largest absolute Gasteiger partial charge is 0.477 e. The second kappa shape index (κ2) is 7.19. The van der Waals surface area contributed by atoms with E-state index in [1.165, 1.54) is 11.3 Å². The third-order valence-corrected chi connectivity index (χ3v) is 6.07. The van der Waals surface area contributed by atoms with E-state index in [0.717, 1.165) is 49.4 Å². The first kappa shape index (κ1) is 18.4. The topological polar surface area (TPSA) is 68.1 Å². The maximum atomic E-state index is 10.2. The predicted molar refractivity (Wildman–Crippen MR) is 104 cm³/mol. The van der Waals surface area contributed by atoms with E-state index in [1.54, 1.807) is 0 Å². The van der Waals surface area contributed by atoms with Gasteiger partial charge in [0.15, 0.2) is 0 Å². The highest BCUT2D eigenvalue weighted by Gasteiger charge is 2.40. The number of aromatic nitrogens is 3. The third-order valence-electron chi connectivity index (χ3n) is 6.07. The van der Waals surface area contributed by atoms with Gasteiger partial charge in [0.1, 0.15) is 5.82 Å². The highest BCUT2D eigenvalue weighted by atomic mass is 16.5. The second-order valence-electron chi connectivity index (χ2n) is 8.62. The minimum Gasteiger partial charge on any atom is -0.477 e. The summed E-state index contributed by atoms with van der Waals surface area (Å²) >= 11 is 0. The Balaban J connectivity index is 1.40. The van der Waals surface area contributed by atoms with E-state index in [9.17, 15) is 5.11 Å². The number of nitrogens with zero attached hydrogens (tertiary/aromatic N) is 3. The van der Waals surface area contributed by atoms with Gasteiger partial charge in [0.2, 0.25) is 5.88 Å². The Morgan fingerprint density at radius 1 is 1.15 bits per heavy atom. The average Bonchev–Trinajstić information content (AvgIpc) is 3.41. The molecule has 27 heavy (non-hydrogen) atoms. The van der Waals surface area contributed by atoms with E-state index in [0.29, 0.717) is 24.4 Å². The van der Waals surface area contributed by atoms with Crippen molar-refractivity contribution in [2.24, 2.45) is 5.92 Å². The number of pyridine rings is 1. The van der Waals surface area contributed by atoms with Gasteiger partial charge in [-0.3, -0.25) is 4.98 Å². The summed E-state index contributed by atoms with van der Waals surface area (Å²) in [5, 5.41) is 10.2. The summed E-state index contributed by atoms with van der Waals surface area (Å²) in [5.41, 5.74) is 2.93. The van der Waals surface area contributed by atoms with Crippen molar-refractivity contribution in [1.82, 2.24) is 15.0 Å². The molecule has 5 nitrogen and oxygen atoms in total. The predicted octanol–water partition coefficient (Wildman–Crippen LogP) is 4.08. The molecular weight excluding hydrogens is 338 g/mol. The zero-order valence-electron chi connectivity index (χ0n) is 16.5. The van der Waals surface area contributed by atoms with E-state index in [4.69, 9.17) is 4.74 Å². The molecule has 2 fully saturated rings. The molecule has 144 valence electrons. The van der Waals surface area contributed by atoms with Gasteiger partial charge in [-0.25, -0.2) is 4.98 Å². The number of ether oxygens (including phenoxy) is 1. The van der Waals surface area contributed by atoms with Gasteiger partial charge < -0.3 is 9.84 Å². The van der Waals surface area contributed by atoms with Crippen LogP contribution in [0.1, 0.15) is 73.5 Å². The molecule has 2 heterocycles. The van der Waals surface area contributed by atoms with Crippen molar-refractivity contribution in [1.29, 1.82) is 0 Å². The van der Waals surface area contributed by atoms with Crippen LogP contribution in [-0.4, -0.2) is 32.3 Å². The summed E-state index contributed by atoms with van der Waals surface area (Å²) in [6.07, 6.45) is 8.53. The maximum Gasteiger partial charge on any atom is 0.220 e. The molecule has 2 atom stereocenters. The highest BCUT2D eigenvalue weighted by Crippen LogP contribution is 2.47. The molecular formula is C22H29N3O2. The fourth-order valence-electron chi connectivity index (χ4n) is 4.08. The van der Waals surface area contributed by atoms with Gasteiger partial charge in [-0.05, 0) is 70.4 Å². The monoisotopic (exact) mass is 367 g/mol. The number of hydrogen-bond donors (Lipinski definition) is 1. The second-order valence-corrected chi connectivity index (χ2v) is 8.62. The van der Waals surface area contributed by atoms with Crippen LogP contribution in [0.4, 0.5) is 0 Å². The van der Waals surface area contributed by atoms with Crippen molar-refractivity contribution < 1.29 is 9.84 Å². The maximum absolute atomic E-state index is 10.2. The van der Waals surface area contributed by atoms with Gasteiger partial charge in [-0.15, -0.1) is 0 Å². The van der Waals surface area contributed by atoms with Gasteiger partial charge in [0, 0.05) is 35.5 Å². The summed E-state index contributed by atoms with van der Waals surface area (Å²) in [5.74, 6) is 2.85. The minimum atomic E-state index is -0.536. The van der Waals surface area contributed by atoms with Crippen molar-refractivity contribution in [3.8, 4) is 5.88 Å². The van der Waals surface area contributed by atoms with E-state index >= 15 is 0 Å². The van der Waals surface area contributed by atoms with Crippen molar-refractivity contribution in [3.63, 3.8) is 0 Å². The summed E-state index contributed by atoms with van der Waals surface area (Å²) in [7, 11) is 0. The zero-order valence-corrected chi connectivity index (χ0v) is 16.5. The fourth-order valence-corrected chi connectivity index (χ4v) is 4.08. The smallest absolute Gasteiger partial charge is 0.220 e. The molecule has 4 rings (SSSR count). The molecule has 0 unspecified atom stereocenters. The van der Waals surface area contributed by atoms with Crippen molar-refractivity contribution in [3.05, 3.63) is 47.2 Å². The Kier molecular flexibility index (Phi) is 4.89.